The smallest absolute Gasteiger partial charge is 0.317 e. The first kappa shape index (κ1) is 15.0. The van der Waals surface area contributed by atoms with Crippen LogP contribution in [-0.2, 0) is 6.54 Å². The van der Waals surface area contributed by atoms with Crippen LogP contribution in [0.2, 0.25) is 0 Å². The number of hydrogen-bond donors (Lipinski definition) is 1. The summed E-state index contributed by atoms with van der Waals surface area (Å²) in [5.41, 5.74) is 1.00. The molecule has 0 spiro atoms. The summed E-state index contributed by atoms with van der Waals surface area (Å²) in [5, 5.41) is 6.08. The molecule has 2 heterocycles. The van der Waals surface area contributed by atoms with Crippen molar-refractivity contribution in [2.24, 2.45) is 0 Å². The van der Waals surface area contributed by atoms with Gasteiger partial charge in [0, 0.05) is 16.8 Å². The quantitative estimate of drug-likeness (QED) is 0.935. The summed E-state index contributed by atoms with van der Waals surface area (Å²) in [6.45, 7) is 6.60. The molecule has 1 N–H and O–H groups in total. The molecule has 0 saturated heterocycles. The summed E-state index contributed by atoms with van der Waals surface area (Å²) in [7, 11) is 1.81. The molecule has 1 atom stereocenters. The second-order valence-corrected chi connectivity index (χ2v) is 7.06. The molecule has 0 aliphatic heterocycles. The van der Waals surface area contributed by atoms with Crippen molar-refractivity contribution in [2.75, 3.05) is 7.05 Å². The van der Waals surface area contributed by atoms with E-state index >= 15 is 0 Å². The van der Waals surface area contributed by atoms with Gasteiger partial charge in [0.25, 0.3) is 0 Å². The van der Waals surface area contributed by atoms with Gasteiger partial charge in [0.1, 0.15) is 0 Å². The highest BCUT2D eigenvalue weighted by atomic mass is 32.1. The van der Waals surface area contributed by atoms with Crippen LogP contribution in [0.3, 0.4) is 0 Å². The number of amides is 2. The first-order chi connectivity index (χ1) is 9.47. The Balaban J connectivity index is 1.95. The normalized spacial score (nSPS) is 12.2. The molecule has 0 bridgehead atoms. The number of carbonyl (C=O) groups is 1. The number of aryl methyl sites for hydroxylation is 2. The maximum Gasteiger partial charge on any atom is 0.317 e. The Hall–Kier alpha value is -1.40. The Morgan fingerprint density at radius 1 is 1.50 bits per heavy atom. The molecule has 108 valence electrons. The average molecular weight is 309 g/mol. The number of nitrogens with one attached hydrogen (secondary N) is 1. The Labute approximate surface area is 127 Å². The van der Waals surface area contributed by atoms with Crippen molar-refractivity contribution < 1.29 is 4.79 Å². The van der Waals surface area contributed by atoms with Crippen molar-refractivity contribution in [2.45, 2.75) is 33.4 Å². The molecule has 2 amide bonds. The highest BCUT2D eigenvalue weighted by molar-refractivity contribution is 7.11. The number of thiazole rings is 1. The number of urea groups is 1. The fourth-order valence-electron chi connectivity index (χ4n) is 2.02. The highest BCUT2D eigenvalue weighted by Crippen LogP contribution is 2.24. The lowest BCUT2D eigenvalue weighted by Gasteiger charge is -2.20. The molecule has 0 saturated carbocycles. The maximum absolute atomic E-state index is 12.2. The molecule has 0 aliphatic rings. The number of hydrogen-bond acceptors (Lipinski definition) is 4. The summed E-state index contributed by atoms with van der Waals surface area (Å²) in [4.78, 5) is 20.6. The molecular formula is C14H19N3OS2. The predicted molar refractivity (Wildman–Crippen MR) is 84.3 cm³/mol. The topological polar surface area (TPSA) is 45.2 Å². The van der Waals surface area contributed by atoms with Crippen molar-refractivity contribution >= 4 is 28.7 Å². The fraction of sp³-hybridized carbons (Fsp3) is 0.429. The molecule has 0 radical (unpaired) electrons. The predicted octanol–water partition coefficient (Wildman–Crippen LogP) is 3.72. The fourth-order valence-corrected chi connectivity index (χ4v) is 3.70. The molecule has 2 aromatic rings. The number of carbonyl (C=O) groups excluding carboxylic acids is 1. The average Bonchev–Trinajstić information content (AvgIpc) is 2.98. The van der Waals surface area contributed by atoms with Crippen molar-refractivity contribution in [1.82, 2.24) is 15.2 Å². The monoisotopic (exact) mass is 309 g/mol. The van der Waals surface area contributed by atoms with Gasteiger partial charge >= 0.3 is 6.03 Å². The van der Waals surface area contributed by atoms with Crippen LogP contribution in [0.25, 0.3) is 0 Å². The van der Waals surface area contributed by atoms with Gasteiger partial charge < -0.3 is 10.2 Å². The Morgan fingerprint density at radius 3 is 2.80 bits per heavy atom. The van der Waals surface area contributed by atoms with Crippen LogP contribution in [0.1, 0.15) is 33.4 Å². The van der Waals surface area contributed by atoms with E-state index in [1.165, 1.54) is 4.88 Å². The largest absolute Gasteiger partial charge is 0.331 e. The molecule has 4 nitrogen and oxygen atoms in total. The molecule has 0 unspecified atom stereocenters. The molecule has 20 heavy (non-hydrogen) atoms. The highest BCUT2D eigenvalue weighted by Gasteiger charge is 2.17. The first-order valence-electron chi connectivity index (χ1n) is 6.45. The van der Waals surface area contributed by atoms with Gasteiger partial charge in [-0.1, -0.05) is 6.07 Å². The van der Waals surface area contributed by atoms with Gasteiger partial charge in [-0.25, -0.2) is 9.78 Å². The zero-order chi connectivity index (χ0) is 14.7. The Morgan fingerprint density at radius 2 is 2.25 bits per heavy atom. The second kappa shape index (κ2) is 6.37. The molecule has 0 aliphatic carbocycles. The molecular weight excluding hydrogens is 290 g/mol. The summed E-state index contributed by atoms with van der Waals surface area (Å²) in [6.07, 6.45) is 0. The van der Waals surface area contributed by atoms with Crippen LogP contribution in [0, 0.1) is 13.8 Å². The zero-order valence-corrected chi connectivity index (χ0v) is 13.8. The van der Waals surface area contributed by atoms with Gasteiger partial charge in [-0.05, 0) is 32.2 Å². The van der Waals surface area contributed by atoms with Crippen LogP contribution in [-0.4, -0.2) is 23.0 Å². The number of thiophene rings is 1. The minimum absolute atomic E-state index is 0.0144. The van der Waals surface area contributed by atoms with Crippen LogP contribution < -0.4 is 5.32 Å². The third kappa shape index (κ3) is 3.58. The van der Waals surface area contributed by atoms with Gasteiger partial charge in [0.05, 0.1) is 23.3 Å². The lowest BCUT2D eigenvalue weighted by atomic mass is 10.2. The van der Waals surface area contributed by atoms with E-state index < -0.39 is 0 Å². The minimum Gasteiger partial charge on any atom is -0.331 e. The zero-order valence-electron chi connectivity index (χ0n) is 12.1. The standard InChI is InChI=1S/C14H19N3OS2/c1-9-13(20-11(3)15-9)10(2)16-14(18)17(4)8-12-6-5-7-19-12/h5-7,10H,8H2,1-4H3,(H,16,18)/t10-/m0/s1. The number of nitrogens with zero attached hydrogens (tertiary/aromatic N) is 2. The maximum atomic E-state index is 12.2. The number of aromatic nitrogens is 1. The molecule has 0 aromatic carbocycles. The van der Waals surface area contributed by atoms with E-state index in [1.54, 1.807) is 27.6 Å². The molecule has 6 heteroatoms. The van der Waals surface area contributed by atoms with Gasteiger partial charge in [0.2, 0.25) is 0 Å². The van der Waals surface area contributed by atoms with E-state index in [-0.39, 0.29) is 12.1 Å². The van der Waals surface area contributed by atoms with E-state index in [0.29, 0.717) is 6.54 Å². The van der Waals surface area contributed by atoms with E-state index in [2.05, 4.69) is 10.3 Å². The summed E-state index contributed by atoms with van der Waals surface area (Å²) in [5.74, 6) is 0. The molecule has 2 aromatic heterocycles. The van der Waals surface area contributed by atoms with Crippen molar-refractivity contribution in [3.8, 4) is 0 Å². The third-order valence-electron chi connectivity index (χ3n) is 2.99. The van der Waals surface area contributed by atoms with Crippen LogP contribution in [0.4, 0.5) is 4.79 Å². The van der Waals surface area contributed by atoms with Crippen molar-refractivity contribution in [3.63, 3.8) is 0 Å². The number of rotatable bonds is 4. The summed E-state index contributed by atoms with van der Waals surface area (Å²) >= 11 is 3.30. The SMILES string of the molecule is Cc1nc(C)c([C@H](C)NC(=O)N(C)Cc2cccs2)s1. The van der Waals surface area contributed by atoms with Crippen molar-refractivity contribution in [1.29, 1.82) is 0 Å². The van der Waals surface area contributed by atoms with E-state index in [0.717, 1.165) is 15.6 Å². The summed E-state index contributed by atoms with van der Waals surface area (Å²) < 4.78 is 0. The second-order valence-electron chi connectivity index (χ2n) is 4.79. The van der Waals surface area contributed by atoms with Crippen LogP contribution in [0.15, 0.2) is 17.5 Å². The third-order valence-corrected chi connectivity index (χ3v) is 5.11. The van der Waals surface area contributed by atoms with Crippen LogP contribution >= 0.6 is 22.7 Å². The Bertz CT molecular complexity index is 577. The van der Waals surface area contributed by atoms with Crippen LogP contribution in [0.5, 0.6) is 0 Å². The van der Waals surface area contributed by atoms with Gasteiger partial charge in [0.15, 0.2) is 0 Å². The Kier molecular flexibility index (Phi) is 4.77. The van der Waals surface area contributed by atoms with Gasteiger partial charge in [-0.15, -0.1) is 22.7 Å². The van der Waals surface area contributed by atoms with Gasteiger partial charge in [-0.3, -0.25) is 0 Å². The lowest BCUT2D eigenvalue weighted by molar-refractivity contribution is 0.204. The van der Waals surface area contributed by atoms with Gasteiger partial charge in [-0.2, -0.15) is 0 Å². The first-order valence-corrected chi connectivity index (χ1v) is 8.15. The van der Waals surface area contributed by atoms with E-state index in [4.69, 9.17) is 0 Å². The molecule has 0 fully saturated rings. The minimum atomic E-state index is -0.0589. The van der Waals surface area contributed by atoms with Crippen molar-refractivity contribution in [3.05, 3.63) is 38.0 Å². The molecule has 2 rings (SSSR count). The van der Waals surface area contributed by atoms with E-state index in [9.17, 15) is 4.79 Å². The van der Waals surface area contributed by atoms with E-state index in [1.807, 2.05) is 45.3 Å². The lowest BCUT2D eigenvalue weighted by Crippen LogP contribution is -2.38. The summed E-state index contributed by atoms with van der Waals surface area (Å²) in [6, 6.07) is 3.96.